The van der Waals surface area contributed by atoms with Crippen molar-refractivity contribution in [3.63, 3.8) is 0 Å². The molecule has 160 valence electrons. The lowest BCUT2D eigenvalue weighted by Gasteiger charge is -2.17. The standard InChI is InChI=1S/C22H27N3O3S2/c1-13-14(2)30-22-20(13)21(23-15(3)24-22)29-12-19(26)25(4)10-9-16-7-8-17(27-5)18(11-16)28-6/h7-8,11H,9-10,12H2,1-6H3. The second-order valence-electron chi connectivity index (χ2n) is 7.08. The Morgan fingerprint density at radius 3 is 2.57 bits per heavy atom. The van der Waals surface area contributed by atoms with Crippen molar-refractivity contribution in [1.82, 2.24) is 14.9 Å². The van der Waals surface area contributed by atoms with Gasteiger partial charge in [0.15, 0.2) is 11.5 Å². The highest BCUT2D eigenvalue weighted by Crippen LogP contribution is 2.35. The highest BCUT2D eigenvalue weighted by Gasteiger charge is 2.16. The fraction of sp³-hybridized carbons (Fsp3) is 0.409. The first-order valence-electron chi connectivity index (χ1n) is 9.66. The minimum atomic E-state index is 0.0782. The Labute approximate surface area is 185 Å². The molecular formula is C22H27N3O3S2. The first-order chi connectivity index (χ1) is 14.3. The van der Waals surface area contributed by atoms with Gasteiger partial charge in [0.2, 0.25) is 5.91 Å². The lowest BCUT2D eigenvalue weighted by atomic mass is 10.1. The average molecular weight is 446 g/mol. The van der Waals surface area contributed by atoms with Gasteiger partial charge < -0.3 is 14.4 Å². The van der Waals surface area contributed by atoms with Crippen molar-refractivity contribution >= 4 is 39.2 Å². The molecule has 3 aromatic rings. The third kappa shape index (κ3) is 4.87. The van der Waals surface area contributed by atoms with Gasteiger partial charge >= 0.3 is 0 Å². The smallest absolute Gasteiger partial charge is 0.232 e. The van der Waals surface area contributed by atoms with Crippen molar-refractivity contribution in [2.45, 2.75) is 32.2 Å². The molecule has 0 saturated heterocycles. The van der Waals surface area contributed by atoms with Gasteiger partial charge in [0.05, 0.1) is 20.0 Å². The van der Waals surface area contributed by atoms with E-state index in [1.54, 1.807) is 30.5 Å². The Hall–Kier alpha value is -2.32. The van der Waals surface area contributed by atoms with Crippen LogP contribution in [0.15, 0.2) is 23.2 Å². The number of carbonyl (C=O) groups is 1. The molecule has 0 aliphatic rings. The highest BCUT2D eigenvalue weighted by molar-refractivity contribution is 8.00. The fourth-order valence-electron chi connectivity index (χ4n) is 3.12. The molecule has 2 heterocycles. The highest BCUT2D eigenvalue weighted by atomic mass is 32.2. The van der Waals surface area contributed by atoms with Crippen LogP contribution in [0.2, 0.25) is 0 Å². The molecule has 3 rings (SSSR count). The molecular weight excluding hydrogens is 418 g/mol. The van der Waals surface area contributed by atoms with Crippen LogP contribution < -0.4 is 9.47 Å². The zero-order valence-corrected chi connectivity index (χ0v) is 19.9. The van der Waals surface area contributed by atoms with E-state index in [-0.39, 0.29) is 5.91 Å². The lowest BCUT2D eigenvalue weighted by molar-refractivity contribution is -0.127. The number of nitrogens with zero attached hydrogens (tertiary/aromatic N) is 3. The molecule has 0 N–H and O–H groups in total. The first-order valence-corrected chi connectivity index (χ1v) is 11.5. The Bertz CT molecular complexity index is 1070. The van der Waals surface area contributed by atoms with Crippen molar-refractivity contribution in [1.29, 1.82) is 0 Å². The van der Waals surface area contributed by atoms with E-state index in [4.69, 9.17) is 9.47 Å². The summed E-state index contributed by atoms with van der Waals surface area (Å²) < 4.78 is 10.6. The normalized spacial score (nSPS) is 11.0. The van der Waals surface area contributed by atoms with Gasteiger partial charge in [-0.3, -0.25) is 4.79 Å². The average Bonchev–Trinajstić information content (AvgIpc) is 3.02. The third-order valence-electron chi connectivity index (χ3n) is 5.05. The summed E-state index contributed by atoms with van der Waals surface area (Å²) in [7, 11) is 5.08. The van der Waals surface area contributed by atoms with Gasteiger partial charge in [-0.2, -0.15) is 0 Å². The summed E-state index contributed by atoms with van der Waals surface area (Å²) in [5, 5.41) is 1.97. The molecule has 0 unspecified atom stereocenters. The van der Waals surface area contributed by atoms with Gasteiger partial charge in [-0.25, -0.2) is 9.97 Å². The van der Waals surface area contributed by atoms with Crippen molar-refractivity contribution in [3.8, 4) is 11.5 Å². The van der Waals surface area contributed by atoms with Gasteiger partial charge in [0, 0.05) is 23.9 Å². The summed E-state index contributed by atoms with van der Waals surface area (Å²) in [6.07, 6.45) is 0.743. The number of benzene rings is 1. The Kier molecular flexibility index (Phi) is 7.20. The Morgan fingerprint density at radius 2 is 1.87 bits per heavy atom. The van der Waals surface area contributed by atoms with Gasteiger partial charge in [-0.1, -0.05) is 17.8 Å². The van der Waals surface area contributed by atoms with Crippen LogP contribution in [0.25, 0.3) is 10.2 Å². The number of fused-ring (bicyclic) bond motifs is 1. The zero-order chi connectivity index (χ0) is 21.8. The second kappa shape index (κ2) is 9.66. The van der Waals surface area contributed by atoms with E-state index in [1.165, 1.54) is 22.2 Å². The first kappa shape index (κ1) is 22.4. The predicted molar refractivity (Wildman–Crippen MR) is 123 cm³/mol. The number of likely N-dealkylation sites (N-methyl/N-ethyl adjacent to an activating group) is 1. The van der Waals surface area contributed by atoms with Crippen LogP contribution in [-0.4, -0.2) is 54.3 Å². The molecule has 0 bridgehead atoms. The molecule has 1 aromatic carbocycles. The van der Waals surface area contributed by atoms with E-state index < -0.39 is 0 Å². The van der Waals surface area contributed by atoms with E-state index in [2.05, 4.69) is 23.8 Å². The molecule has 0 aliphatic carbocycles. The van der Waals surface area contributed by atoms with Gasteiger partial charge in [-0.15, -0.1) is 11.3 Å². The number of thiophene rings is 1. The maximum atomic E-state index is 12.7. The number of rotatable bonds is 8. The van der Waals surface area contributed by atoms with Crippen molar-refractivity contribution in [2.75, 3.05) is 33.6 Å². The molecule has 6 nitrogen and oxygen atoms in total. The van der Waals surface area contributed by atoms with E-state index in [0.717, 1.165) is 33.1 Å². The quantitative estimate of drug-likeness (QED) is 0.378. The number of methoxy groups -OCH3 is 2. The minimum Gasteiger partial charge on any atom is -0.493 e. The fourth-order valence-corrected chi connectivity index (χ4v) is 5.33. The SMILES string of the molecule is COc1ccc(CCN(C)C(=O)CSc2nc(C)nc3sc(C)c(C)c23)cc1OC. The van der Waals surface area contributed by atoms with Crippen LogP contribution in [0.3, 0.4) is 0 Å². The van der Waals surface area contributed by atoms with E-state index in [0.29, 0.717) is 23.8 Å². The van der Waals surface area contributed by atoms with E-state index in [9.17, 15) is 4.79 Å². The maximum absolute atomic E-state index is 12.7. The van der Waals surface area contributed by atoms with Gasteiger partial charge in [0.1, 0.15) is 15.7 Å². The number of hydrogen-bond acceptors (Lipinski definition) is 7. The number of thioether (sulfide) groups is 1. The minimum absolute atomic E-state index is 0.0782. The summed E-state index contributed by atoms with van der Waals surface area (Å²) in [4.78, 5) is 25.8. The van der Waals surface area contributed by atoms with Crippen molar-refractivity contribution in [2.24, 2.45) is 0 Å². The van der Waals surface area contributed by atoms with Crippen LogP contribution in [0.4, 0.5) is 0 Å². The third-order valence-corrected chi connectivity index (χ3v) is 7.11. The summed E-state index contributed by atoms with van der Waals surface area (Å²) >= 11 is 3.17. The number of aryl methyl sites for hydroxylation is 3. The molecule has 1 amide bonds. The molecule has 2 aromatic heterocycles. The Balaban J connectivity index is 1.62. The van der Waals surface area contributed by atoms with Crippen molar-refractivity contribution in [3.05, 3.63) is 40.0 Å². The summed E-state index contributed by atoms with van der Waals surface area (Å²) in [5.41, 5.74) is 2.30. The van der Waals surface area contributed by atoms with Gasteiger partial charge in [0.25, 0.3) is 0 Å². The predicted octanol–water partition coefficient (Wildman–Crippen LogP) is 4.43. The Morgan fingerprint density at radius 1 is 1.13 bits per heavy atom. The van der Waals surface area contributed by atoms with E-state index in [1.807, 2.05) is 32.2 Å². The monoisotopic (exact) mass is 445 g/mol. The zero-order valence-electron chi connectivity index (χ0n) is 18.2. The largest absolute Gasteiger partial charge is 0.493 e. The number of hydrogen-bond donors (Lipinski definition) is 0. The topological polar surface area (TPSA) is 64.5 Å². The van der Waals surface area contributed by atoms with Crippen molar-refractivity contribution < 1.29 is 14.3 Å². The number of carbonyl (C=O) groups excluding carboxylic acids is 1. The van der Waals surface area contributed by atoms with Crippen LogP contribution in [0, 0.1) is 20.8 Å². The number of aromatic nitrogens is 2. The van der Waals surface area contributed by atoms with Crippen LogP contribution in [0.1, 0.15) is 21.8 Å². The molecule has 0 radical (unpaired) electrons. The molecule has 0 spiro atoms. The number of ether oxygens (including phenoxy) is 2. The molecule has 0 saturated carbocycles. The van der Waals surface area contributed by atoms with E-state index >= 15 is 0 Å². The molecule has 8 heteroatoms. The molecule has 0 fully saturated rings. The summed E-state index contributed by atoms with van der Waals surface area (Å²) in [6.45, 7) is 6.71. The van der Waals surface area contributed by atoms with Crippen LogP contribution in [0.5, 0.6) is 11.5 Å². The van der Waals surface area contributed by atoms with Crippen LogP contribution >= 0.6 is 23.1 Å². The number of amides is 1. The molecule has 0 atom stereocenters. The molecule has 30 heavy (non-hydrogen) atoms. The maximum Gasteiger partial charge on any atom is 0.232 e. The van der Waals surface area contributed by atoms with Crippen LogP contribution in [-0.2, 0) is 11.2 Å². The summed E-state index contributed by atoms with van der Waals surface area (Å²) in [5.74, 6) is 2.56. The lowest BCUT2D eigenvalue weighted by Crippen LogP contribution is -2.30. The molecule has 0 aliphatic heterocycles. The summed E-state index contributed by atoms with van der Waals surface area (Å²) in [6, 6.07) is 5.84. The van der Waals surface area contributed by atoms with Gasteiger partial charge in [-0.05, 0) is 50.5 Å². The second-order valence-corrected chi connectivity index (χ2v) is 9.25.